The molecule has 0 amide bonds. The molecule has 1 nitrogen and oxygen atoms in total. The van der Waals surface area contributed by atoms with Gasteiger partial charge in [-0.3, -0.25) is 0 Å². The Labute approximate surface area is 156 Å². The van der Waals surface area contributed by atoms with Gasteiger partial charge in [0.15, 0.2) is 0 Å². The number of hydrogen-bond donors (Lipinski definition) is 0. The molecule has 8 atom stereocenters. The molecule has 8 unspecified atom stereocenters. The van der Waals surface area contributed by atoms with Gasteiger partial charge < -0.3 is 0 Å². The quantitative estimate of drug-likeness (QED) is 0.471. The van der Waals surface area contributed by atoms with Crippen molar-refractivity contribution in [2.45, 2.75) is 85.0 Å². The fraction of sp³-hybridized carbons (Fsp3) is 0.875. The molecule has 4 saturated carbocycles. The minimum atomic E-state index is 0.341. The fourth-order valence-corrected chi connectivity index (χ4v) is 8.05. The molecular weight excluding hydrogens is 302 g/mol. The Balaban J connectivity index is 0.000000880. The smallest absolute Gasteiger partial charge is 0.0661 e. The highest BCUT2D eigenvalue weighted by atomic mass is 14.6. The number of nitriles is 1. The van der Waals surface area contributed by atoms with E-state index in [0.29, 0.717) is 16.7 Å². The predicted octanol–water partition coefficient (Wildman–Crippen LogP) is 7.00. The van der Waals surface area contributed by atoms with Gasteiger partial charge >= 0.3 is 0 Å². The first-order chi connectivity index (χ1) is 12.0. The summed E-state index contributed by atoms with van der Waals surface area (Å²) in [5.41, 5.74) is 0.964. The van der Waals surface area contributed by atoms with Crippen LogP contribution in [0.1, 0.15) is 85.0 Å². The molecule has 0 bridgehead atoms. The lowest BCUT2D eigenvalue weighted by Crippen LogP contribution is -2.53. The van der Waals surface area contributed by atoms with Gasteiger partial charge in [-0.05, 0) is 91.8 Å². The average molecular weight is 342 g/mol. The van der Waals surface area contributed by atoms with Crippen LogP contribution in [0.3, 0.4) is 0 Å². The number of hydrogen-bond acceptors (Lipinski definition) is 1. The van der Waals surface area contributed by atoms with Crippen molar-refractivity contribution >= 4 is 0 Å². The van der Waals surface area contributed by atoms with Crippen molar-refractivity contribution in [3.63, 3.8) is 0 Å². The van der Waals surface area contributed by atoms with Gasteiger partial charge in [-0.25, -0.2) is 0 Å². The Morgan fingerprint density at radius 3 is 2.28 bits per heavy atom. The maximum Gasteiger partial charge on any atom is 0.0661 e. The third-order valence-corrected chi connectivity index (χ3v) is 9.45. The van der Waals surface area contributed by atoms with Crippen LogP contribution in [0.2, 0.25) is 0 Å². The molecule has 1 heteroatoms. The van der Waals surface area contributed by atoms with Crippen LogP contribution in [0, 0.1) is 57.7 Å². The largest absolute Gasteiger partial charge is 0.198 e. The Morgan fingerprint density at radius 1 is 0.920 bits per heavy atom. The van der Waals surface area contributed by atoms with E-state index >= 15 is 0 Å². The summed E-state index contributed by atoms with van der Waals surface area (Å²) in [7, 11) is 0. The van der Waals surface area contributed by atoms with E-state index in [1.807, 2.05) is 0 Å². The number of fused-ring (bicyclic) bond motifs is 5. The highest BCUT2D eigenvalue weighted by molar-refractivity contribution is 5.12. The molecule has 0 N–H and O–H groups in total. The maximum atomic E-state index is 9.62. The fourth-order valence-electron chi connectivity index (χ4n) is 8.05. The Kier molecular flexibility index (Phi) is 5.39. The highest BCUT2D eigenvalue weighted by Crippen LogP contribution is 2.67. The minimum absolute atomic E-state index is 0.341. The van der Waals surface area contributed by atoms with Crippen LogP contribution >= 0.6 is 0 Å². The zero-order valence-corrected chi connectivity index (χ0v) is 16.9. The van der Waals surface area contributed by atoms with E-state index in [1.54, 1.807) is 0 Å². The van der Waals surface area contributed by atoms with Gasteiger partial charge in [0.2, 0.25) is 0 Å². The predicted molar refractivity (Wildman–Crippen MR) is 106 cm³/mol. The maximum absolute atomic E-state index is 9.62. The van der Waals surface area contributed by atoms with E-state index in [9.17, 15) is 5.26 Å². The number of nitrogens with zero attached hydrogens (tertiary/aromatic N) is 1. The molecule has 0 aromatic rings. The van der Waals surface area contributed by atoms with Crippen LogP contribution in [-0.4, -0.2) is 0 Å². The van der Waals surface area contributed by atoms with Crippen molar-refractivity contribution in [1.82, 2.24) is 0 Å². The molecule has 0 aromatic heterocycles. The zero-order valence-electron chi connectivity index (χ0n) is 16.9. The van der Waals surface area contributed by atoms with Crippen molar-refractivity contribution < 1.29 is 0 Å². The monoisotopic (exact) mass is 341 g/mol. The van der Waals surface area contributed by atoms with E-state index < -0.39 is 0 Å². The Bertz CT molecular complexity index is 519. The van der Waals surface area contributed by atoms with Gasteiger partial charge in [-0.1, -0.05) is 33.6 Å². The molecule has 4 rings (SSSR count). The van der Waals surface area contributed by atoms with E-state index in [2.05, 4.69) is 40.0 Å². The van der Waals surface area contributed by atoms with Crippen LogP contribution in [-0.2, 0) is 0 Å². The molecule has 4 aliphatic rings. The highest BCUT2D eigenvalue weighted by Gasteiger charge is 2.60. The van der Waals surface area contributed by atoms with Crippen molar-refractivity contribution in [1.29, 1.82) is 5.26 Å². The second-order valence-electron chi connectivity index (χ2n) is 10.0. The van der Waals surface area contributed by atoms with Crippen molar-refractivity contribution in [3.05, 3.63) is 13.2 Å². The van der Waals surface area contributed by atoms with Crippen LogP contribution in [0.4, 0.5) is 0 Å². The van der Waals surface area contributed by atoms with Gasteiger partial charge in [0, 0.05) is 0 Å². The lowest BCUT2D eigenvalue weighted by molar-refractivity contribution is -0.117. The third kappa shape index (κ3) is 2.79. The SMILES string of the molecule is C=C.CCC1CCC2CCC3C4CCC(C#N)C4(C)CCC3C2(C)C1. The summed E-state index contributed by atoms with van der Waals surface area (Å²) in [6.45, 7) is 13.6. The third-order valence-electron chi connectivity index (χ3n) is 9.45. The first kappa shape index (κ1) is 19.0. The molecular formula is C24H39N. The zero-order chi connectivity index (χ0) is 18.2. The lowest BCUT2D eigenvalue weighted by Gasteiger charge is -2.61. The van der Waals surface area contributed by atoms with Crippen molar-refractivity contribution in [2.75, 3.05) is 0 Å². The normalized spacial score (nSPS) is 51.1. The average Bonchev–Trinajstić information content (AvgIpc) is 2.98. The van der Waals surface area contributed by atoms with E-state index in [1.165, 1.54) is 64.2 Å². The van der Waals surface area contributed by atoms with E-state index in [-0.39, 0.29) is 0 Å². The first-order valence-electron chi connectivity index (χ1n) is 10.9. The first-order valence-corrected chi connectivity index (χ1v) is 10.9. The van der Waals surface area contributed by atoms with Gasteiger partial charge in [0.25, 0.3) is 0 Å². The van der Waals surface area contributed by atoms with Gasteiger partial charge in [0.05, 0.1) is 12.0 Å². The molecule has 0 aromatic carbocycles. The minimum Gasteiger partial charge on any atom is -0.198 e. The van der Waals surface area contributed by atoms with Crippen LogP contribution in [0.5, 0.6) is 0 Å². The molecule has 0 aliphatic heterocycles. The van der Waals surface area contributed by atoms with Gasteiger partial charge in [-0.15, -0.1) is 13.2 Å². The van der Waals surface area contributed by atoms with Gasteiger partial charge in [0.1, 0.15) is 0 Å². The van der Waals surface area contributed by atoms with Crippen LogP contribution < -0.4 is 0 Å². The molecule has 25 heavy (non-hydrogen) atoms. The number of rotatable bonds is 1. The Hall–Kier alpha value is -0.770. The molecule has 0 spiro atoms. The summed E-state index contributed by atoms with van der Waals surface area (Å²) in [5, 5.41) is 9.62. The summed E-state index contributed by atoms with van der Waals surface area (Å²) >= 11 is 0. The molecule has 4 aliphatic carbocycles. The van der Waals surface area contributed by atoms with Crippen LogP contribution in [0.15, 0.2) is 13.2 Å². The van der Waals surface area contributed by atoms with Crippen molar-refractivity contribution in [2.24, 2.45) is 46.3 Å². The second kappa shape index (κ2) is 7.09. The van der Waals surface area contributed by atoms with Crippen molar-refractivity contribution in [3.8, 4) is 6.07 Å². The van der Waals surface area contributed by atoms with E-state index in [0.717, 1.165) is 29.6 Å². The molecule has 0 heterocycles. The molecule has 0 saturated heterocycles. The summed E-state index contributed by atoms with van der Waals surface area (Å²) in [5.74, 6) is 5.08. The Morgan fingerprint density at radius 2 is 1.60 bits per heavy atom. The topological polar surface area (TPSA) is 23.8 Å². The summed E-state index contributed by atoms with van der Waals surface area (Å²) < 4.78 is 0. The summed E-state index contributed by atoms with van der Waals surface area (Å²) in [6.07, 6.45) is 14.1. The molecule has 0 radical (unpaired) electrons. The second-order valence-corrected chi connectivity index (χ2v) is 10.0. The van der Waals surface area contributed by atoms with Crippen LogP contribution in [0.25, 0.3) is 0 Å². The summed E-state index contributed by atoms with van der Waals surface area (Å²) in [6, 6.07) is 2.68. The van der Waals surface area contributed by atoms with Gasteiger partial charge in [-0.2, -0.15) is 5.26 Å². The van der Waals surface area contributed by atoms with E-state index in [4.69, 9.17) is 0 Å². The standard InChI is InChI=1S/C22H35N.C2H4/c1-4-15-5-6-16-7-9-18-19-10-8-17(14-23)21(19,2)12-11-20(18)22(16,3)13-15;1-2/h15-20H,4-13H2,1-3H3;1-2H2. The molecule has 140 valence electrons. The lowest BCUT2D eigenvalue weighted by atomic mass is 9.44. The summed E-state index contributed by atoms with van der Waals surface area (Å²) in [4.78, 5) is 0. The molecule has 4 fully saturated rings.